The van der Waals surface area contributed by atoms with Gasteiger partial charge in [0.05, 0.1) is 0 Å². The lowest BCUT2D eigenvalue weighted by Gasteiger charge is -2.48. The molecule has 0 aromatic carbocycles. The molecule has 0 spiro atoms. The Kier molecular flexibility index (Phi) is 22.1. The van der Waals surface area contributed by atoms with Gasteiger partial charge in [-0.15, -0.1) is 0 Å². The molecule has 0 atom stereocenters. The predicted molar refractivity (Wildman–Crippen MR) is 175 cm³/mol. The van der Waals surface area contributed by atoms with E-state index >= 15 is 0 Å². The number of alkyl halides is 67. The SMILES string of the molecule is CCC(F)(F)C(F)(F)C(F)(F)C(F)(F)C(F)(F)C(F)(F)C(F)(F)C(F)(F)C(F)(F)C(F)(F)C(F)(F)C(F)(F)C(F)(F)C(F)(F)C(F)(F)C(F)(F)C(F)(F)C(F)(F)C(F)(F)C(F)(F)C(F)(F)C(F)(F)C(F)(F)C(F)(F)C(F)(F)C(F)(F)C(F)(F)C(F)(F)C(F)(F)C(F)(F)C(F)(F)C(F)(F)C(F)(F)F. The predicted octanol–water partition coefficient (Wildman–Crippen LogP) is 22.3. The van der Waals surface area contributed by atoms with Gasteiger partial charge < -0.3 is 0 Å². The fourth-order valence-electron chi connectivity index (χ4n) is 6.35. The second-order valence-corrected chi connectivity index (χ2v) is 19.4. The molecule has 67 heteroatoms. The highest BCUT2D eigenvalue weighted by Crippen LogP contribution is 2.75. The fourth-order valence-corrected chi connectivity index (χ4v) is 6.35. The van der Waals surface area contributed by atoms with Crippen molar-refractivity contribution in [3.05, 3.63) is 0 Å². The minimum Gasteiger partial charge on any atom is -0.200 e. The summed E-state index contributed by atoms with van der Waals surface area (Å²) >= 11 is 0. The molecule has 0 heterocycles. The van der Waals surface area contributed by atoms with Crippen LogP contribution in [0.1, 0.15) is 13.3 Å². The van der Waals surface area contributed by atoms with Crippen molar-refractivity contribution in [3.63, 3.8) is 0 Å². The van der Waals surface area contributed by atoms with Crippen LogP contribution in [0.15, 0.2) is 0 Å². The summed E-state index contributed by atoms with van der Waals surface area (Å²) in [6, 6.07) is 0. The van der Waals surface area contributed by atoms with E-state index in [-0.39, 0.29) is 0 Å². The molecule has 0 amide bonds. The maximum absolute atomic E-state index is 14.3. The molecule has 0 aromatic heterocycles. The summed E-state index contributed by atoms with van der Waals surface area (Å²) in [6.07, 6.45) is -12.0. The van der Waals surface area contributed by atoms with E-state index < -0.39 is 209 Å². The van der Waals surface area contributed by atoms with Crippen LogP contribution in [0.25, 0.3) is 0 Å². The molecule has 0 rings (SSSR count). The molecule has 0 aromatic rings. The van der Waals surface area contributed by atoms with Crippen LogP contribution in [-0.2, 0) is 0 Å². The van der Waals surface area contributed by atoms with Crippen molar-refractivity contribution in [1.29, 1.82) is 0 Å². The Hall–Kier alpha value is -4.69. The van der Waals surface area contributed by atoms with Crippen LogP contribution in [0.5, 0.6) is 0 Å². The lowest BCUT2D eigenvalue weighted by Crippen LogP contribution is -2.81. The first-order valence-electron chi connectivity index (χ1n) is 21.7. The summed E-state index contributed by atoms with van der Waals surface area (Å²) in [5.41, 5.74) is 0. The normalized spacial score (nSPS) is 17.6. The molecule has 102 heavy (non-hydrogen) atoms. The molecular formula is C35H5F67. The van der Waals surface area contributed by atoms with Gasteiger partial charge in [-0.3, -0.25) is 0 Å². The van der Waals surface area contributed by atoms with Gasteiger partial charge in [-0.25, -0.2) is 0 Å². The lowest BCUT2D eigenvalue weighted by molar-refractivity contribution is -0.501. The highest BCUT2D eigenvalue weighted by Gasteiger charge is 3.07. The van der Waals surface area contributed by atoms with Crippen molar-refractivity contribution in [3.8, 4) is 0 Å². The van der Waals surface area contributed by atoms with E-state index in [1.165, 1.54) is 0 Å². The van der Waals surface area contributed by atoms with Crippen LogP contribution < -0.4 is 0 Å². The number of hydrogen-bond acceptors (Lipinski definition) is 0. The largest absolute Gasteiger partial charge is 0.460 e. The Morgan fingerprint density at radius 1 is 0.0980 bits per heavy atom. The second-order valence-electron chi connectivity index (χ2n) is 19.4. The highest BCUT2D eigenvalue weighted by atomic mass is 19.5. The minimum absolute atomic E-state index is 0.682. The average molecular weight is 1700 g/mol. The first-order chi connectivity index (χ1) is 42.6. The van der Waals surface area contributed by atoms with E-state index in [1.807, 2.05) is 0 Å². The topological polar surface area (TPSA) is 0 Å². The van der Waals surface area contributed by atoms with Crippen molar-refractivity contribution >= 4 is 0 Å². The first kappa shape index (κ1) is 97.3. The van der Waals surface area contributed by atoms with Crippen molar-refractivity contribution in [2.45, 2.75) is 209 Å². The number of rotatable bonds is 32. The summed E-state index contributed by atoms with van der Waals surface area (Å²) in [5, 5.41) is 0. The standard InChI is InChI=1S/C35H5F67/c1-2-3(36,37)4(38,39)5(40,41)6(42,43)7(44,45)8(46,47)9(48,49)10(50,51)11(52,53)12(54,55)13(56,57)14(58,59)15(60,61)16(62,63)17(64,65)18(66,67)19(68,69)20(70,71)21(72,73)22(74,75)23(76,77)24(78,79)25(80,81)26(82,83)27(84,85)28(86,87)29(88,89)30(90,91)31(92,93)32(94,95)33(96,97)34(98,99)35(100,101)102/h2H2,1H3. The van der Waals surface area contributed by atoms with Crippen LogP contribution in [0.3, 0.4) is 0 Å². The minimum atomic E-state index is -11.4. The monoisotopic (exact) mass is 1700 g/mol. The van der Waals surface area contributed by atoms with E-state index in [9.17, 15) is 294 Å². The average Bonchev–Trinajstić information content (AvgIpc) is 0.680. The molecule has 0 saturated heterocycles. The second kappa shape index (κ2) is 23.2. The summed E-state index contributed by atoms with van der Waals surface area (Å²) in [5.74, 6) is -341. The smallest absolute Gasteiger partial charge is 0.200 e. The molecule has 0 aliphatic carbocycles. The van der Waals surface area contributed by atoms with Crippen molar-refractivity contribution in [2.24, 2.45) is 0 Å². The van der Waals surface area contributed by atoms with E-state index in [4.69, 9.17) is 0 Å². The molecule has 0 aliphatic rings. The summed E-state index contributed by atoms with van der Waals surface area (Å²) in [4.78, 5) is 0. The van der Waals surface area contributed by atoms with Gasteiger partial charge in [-0.1, -0.05) is 6.92 Å². The summed E-state index contributed by atoms with van der Waals surface area (Å²) in [7, 11) is 0. The summed E-state index contributed by atoms with van der Waals surface area (Å²) in [6.45, 7) is -0.682. The molecule has 0 fully saturated rings. The van der Waals surface area contributed by atoms with Gasteiger partial charge in [0.25, 0.3) is 0 Å². The van der Waals surface area contributed by atoms with E-state index in [0.717, 1.165) is 0 Å². The Morgan fingerprint density at radius 2 is 0.157 bits per heavy atom. The van der Waals surface area contributed by atoms with Crippen molar-refractivity contribution in [2.75, 3.05) is 0 Å². The number of hydrogen-bond donors (Lipinski definition) is 0. The fraction of sp³-hybridized carbons (Fsp3) is 1.00. The molecule has 0 saturated carbocycles. The third-order valence-corrected chi connectivity index (χ3v) is 13.1. The van der Waals surface area contributed by atoms with Crippen LogP contribution in [0.4, 0.5) is 294 Å². The number of halogens is 67. The third kappa shape index (κ3) is 10.3. The summed E-state index contributed by atoms with van der Waals surface area (Å²) < 4.78 is 935. The molecule has 0 unspecified atom stereocenters. The maximum atomic E-state index is 14.3. The highest BCUT2D eigenvalue weighted by molar-refractivity contribution is 5.27. The quantitative estimate of drug-likeness (QED) is 0.0589. The van der Waals surface area contributed by atoms with Crippen LogP contribution in [-0.4, -0.2) is 196 Å². The van der Waals surface area contributed by atoms with Gasteiger partial charge in [-0.05, 0) is 0 Å². The van der Waals surface area contributed by atoms with Gasteiger partial charge in [0.2, 0.25) is 0 Å². The zero-order chi connectivity index (χ0) is 85.2. The zero-order valence-corrected chi connectivity index (χ0v) is 43.5. The Balaban J connectivity index is 8.48. The van der Waals surface area contributed by atoms with E-state index in [0.29, 0.717) is 0 Å². The molecule has 0 aliphatic heterocycles. The Labute approximate surface area is 504 Å². The van der Waals surface area contributed by atoms with Crippen molar-refractivity contribution < 1.29 is 294 Å². The molecular weight excluding hydrogens is 1690 g/mol. The van der Waals surface area contributed by atoms with Crippen LogP contribution in [0, 0.1) is 0 Å². The molecule has 0 radical (unpaired) electrons. The maximum Gasteiger partial charge on any atom is 0.460 e. The first-order valence-corrected chi connectivity index (χ1v) is 21.7. The van der Waals surface area contributed by atoms with E-state index in [1.54, 1.807) is 0 Å². The van der Waals surface area contributed by atoms with Gasteiger partial charge in [0, 0.05) is 6.42 Å². The molecule has 0 N–H and O–H groups in total. The van der Waals surface area contributed by atoms with Gasteiger partial charge in [0.1, 0.15) is 0 Å². The van der Waals surface area contributed by atoms with Crippen LogP contribution in [0.2, 0.25) is 0 Å². The zero-order valence-electron chi connectivity index (χ0n) is 43.5. The van der Waals surface area contributed by atoms with Crippen molar-refractivity contribution in [1.82, 2.24) is 0 Å². The Bertz CT molecular complexity index is 3000. The lowest BCUT2D eigenvalue weighted by atomic mass is 9.80. The van der Waals surface area contributed by atoms with Gasteiger partial charge in [-0.2, -0.15) is 294 Å². The molecule has 0 bridgehead atoms. The van der Waals surface area contributed by atoms with E-state index in [2.05, 4.69) is 0 Å². The molecule has 0 nitrogen and oxygen atoms in total. The van der Waals surface area contributed by atoms with Gasteiger partial charge in [0.15, 0.2) is 0 Å². The molecule has 614 valence electrons. The Morgan fingerprint density at radius 3 is 0.216 bits per heavy atom. The third-order valence-electron chi connectivity index (χ3n) is 13.1. The van der Waals surface area contributed by atoms with Gasteiger partial charge >= 0.3 is 196 Å². The van der Waals surface area contributed by atoms with Crippen LogP contribution >= 0.6 is 0 Å².